The minimum absolute atomic E-state index is 0.183. The largest absolute Gasteiger partial charge is 0.480 e. The fourth-order valence-electron chi connectivity index (χ4n) is 1.15. The number of thioether (sulfide) groups is 1. The van der Waals surface area contributed by atoms with Crippen molar-refractivity contribution < 1.29 is 14.7 Å². The predicted octanol–water partition coefficient (Wildman–Crippen LogP) is 1.35. The molecule has 0 bridgehead atoms. The Balaban J connectivity index is 4.05. The van der Waals surface area contributed by atoms with Crippen LogP contribution in [0.1, 0.15) is 26.7 Å². The highest BCUT2D eigenvalue weighted by Gasteiger charge is 2.20. The first-order valence-electron chi connectivity index (χ1n) is 4.98. The molecule has 0 aromatic heterocycles. The normalized spacial score (nSPS) is 12.5. The van der Waals surface area contributed by atoms with Gasteiger partial charge in [0.1, 0.15) is 6.04 Å². The number of carbonyl (C=O) groups excluding carboxylic acids is 1. The van der Waals surface area contributed by atoms with Crippen molar-refractivity contribution >= 4 is 23.6 Å². The van der Waals surface area contributed by atoms with Gasteiger partial charge < -0.3 is 10.4 Å². The second kappa shape index (κ2) is 7.56. The van der Waals surface area contributed by atoms with Crippen molar-refractivity contribution in [2.24, 2.45) is 5.92 Å². The van der Waals surface area contributed by atoms with Crippen LogP contribution in [0.3, 0.4) is 0 Å². The van der Waals surface area contributed by atoms with Crippen molar-refractivity contribution in [2.75, 3.05) is 12.0 Å². The Labute approximate surface area is 94.8 Å². The number of aliphatic carboxylic acids is 1. The van der Waals surface area contributed by atoms with E-state index in [0.717, 1.165) is 5.75 Å². The van der Waals surface area contributed by atoms with Crippen LogP contribution >= 0.6 is 11.8 Å². The smallest absolute Gasteiger partial charge is 0.326 e. The Morgan fingerprint density at radius 1 is 1.40 bits per heavy atom. The van der Waals surface area contributed by atoms with Gasteiger partial charge in [-0.3, -0.25) is 4.79 Å². The first kappa shape index (κ1) is 14.3. The number of carboxylic acids is 1. The van der Waals surface area contributed by atoms with E-state index in [9.17, 15) is 9.59 Å². The molecule has 0 aliphatic carbocycles. The van der Waals surface area contributed by atoms with Gasteiger partial charge in [0.05, 0.1) is 0 Å². The van der Waals surface area contributed by atoms with Gasteiger partial charge in [-0.2, -0.15) is 11.8 Å². The first-order chi connectivity index (χ1) is 6.97. The molecule has 0 rings (SSSR count). The molecular formula is C10H19NO3S. The topological polar surface area (TPSA) is 66.4 Å². The fraction of sp³-hybridized carbons (Fsp3) is 0.800. The molecule has 15 heavy (non-hydrogen) atoms. The fourth-order valence-corrected chi connectivity index (χ4v) is 1.54. The summed E-state index contributed by atoms with van der Waals surface area (Å²) in [7, 11) is 0. The number of nitrogens with one attached hydrogen (secondary N) is 1. The second-order valence-electron chi connectivity index (χ2n) is 3.83. The van der Waals surface area contributed by atoms with Crippen LogP contribution in [0.4, 0.5) is 0 Å². The summed E-state index contributed by atoms with van der Waals surface area (Å²) in [5.41, 5.74) is 0. The molecule has 5 heteroatoms. The lowest BCUT2D eigenvalue weighted by Gasteiger charge is -2.16. The number of hydrogen-bond acceptors (Lipinski definition) is 3. The van der Waals surface area contributed by atoms with Gasteiger partial charge in [0.15, 0.2) is 0 Å². The van der Waals surface area contributed by atoms with Crippen molar-refractivity contribution in [2.45, 2.75) is 32.7 Å². The summed E-state index contributed by atoms with van der Waals surface area (Å²) >= 11 is 1.57. The SMILES string of the molecule is CSCCC(=O)N[C@H](CC(C)C)C(=O)O. The van der Waals surface area contributed by atoms with Crippen molar-refractivity contribution in [3.8, 4) is 0 Å². The molecule has 0 heterocycles. The van der Waals surface area contributed by atoms with E-state index in [-0.39, 0.29) is 11.8 Å². The third kappa shape index (κ3) is 7.25. The Morgan fingerprint density at radius 3 is 2.40 bits per heavy atom. The van der Waals surface area contributed by atoms with Crippen LogP contribution in [0.15, 0.2) is 0 Å². The Morgan fingerprint density at radius 2 is 2.00 bits per heavy atom. The molecule has 0 unspecified atom stereocenters. The van der Waals surface area contributed by atoms with E-state index in [4.69, 9.17) is 5.11 Å². The zero-order valence-electron chi connectivity index (χ0n) is 9.45. The van der Waals surface area contributed by atoms with Gasteiger partial charge in [-0.05, 0) is 18.6 Å². The van der Waals surface area contributed by atoms with Gasteiger partial charge in [-0.1, -0.05) is 13.8 Å². The number of rotatable bonds is 7. The average molecular weight is 233 g/mol. The van der Waals surface area contributed by atoms with E-state index >= 15 is 0 Å². The summed E-state index contributed by atoms with van der Waals surface area (Å²) in [6.45, 7) is 3.87. The first-order valence-corrected chi connectivity index (χ1v) is 6.37. The Hall–Kier alpha value is -0.710. The summed E-state index contributed by atoms with van der Waals surface area (Å²) in [5.74, 6) is -0.162. The lowest BCUT2D eigenvalue weighted by molar-refractivity contribution is -0.142. The van der Waals surface area contributed by atoms with E-state index in [0.29, 0.717) is 12.8 Å². The Bertz CT molecular complexity index is 219. The van der Waals surface area contributed by atoms with Gasteiger partial charge >= 0.3 is 5.97 Å². The van der Waals surface area contributed by atoms with E-state index in [1.807, 2.05) is 20.1 Å². The minimum atomic E-state index is -0.957. The van der Waals surface area contributed by atoms with Crippen LogP contribution < -0.4 is 5.32 Å². The average Bonchev–Trinajstić information content (AvgIpc) is 2.12. The molecular weight excluding hydrogens is 214 g/mol. The molecule has 0 aromatic carbocycles. The molecule has 0 saturated carbocycles. The zero-order chi connectivity index (χ0) is 11.8. The van der Waals surface area contributed by atoms with Crippen LogP contribution in [0.2, 0.25) is 0 Å². The van der Waals surface area contributed by atoms with Gasteiger partial charge in [0.25, 0.3) is 0 Å². The van der Waals surface area contributed by atoms with Crippen molar-refractivity contribution in [1.82, 2.24) is 5.32 Å². The van der Waals surface area contributed by atoms with Crippen LogP contribution in [0, 0.1) is 5.92 Å². The third-order valence-electron chi connectivity index (χ3n) is 1.87. The van der Waals surface area contributed by atoms with Gasteiger partial charge in [-0.25, -0.2) is 4.79 Å². The molecule has 0 saturated heterocycles. The maximum Gasteiger partial charge on any atom is 0.326 e. The van der Waals surface area contributed by atoms with Crippen molar-refractivity contribution in [3.63, 3.8) is 0 Å². The summed E-state index contributed by atoms with van der Waals surface area (Å²) in [6.07, 6.45) is 2.76. The van der Waals surface area contributed by atoms with Gasteiger partial charge in [-0.15, -0.1) is 0 Å². The van der Waals surface area contributed by atoms with Gasteiger partial charge in [0, 0.05) is 12.2 Å². The van der Waals surface area contributed by atoms with Crippen LogP contribution in [0.5, 0.6) is 0 Å². The minimum Gasteiger partial charge on any atom is -0.480 e. The molecule has 2 N–H and O–H groups in total. The monoisotopic (exact) mass is 233 g/mol. The maximum absolute atomic E-state index is 11.3. The number of amides is 1. The molecule has 0 fully saturated rings. The van der Waals surface area contributed by atoms with Crippen molar-refractivity contribution in [1.29, 1.82) is 0 Å². The molecule has 0 aromatic rings. The van der Waals surface area contributed by atoms with Crippen LogP contribution in [-0.2, 0) is 9.59 Å². The highest BCUT2D eigenvalue weighted by molar-refractivity contribution is 7.98. The van der Waals surface area contributed by atoms with Crippen molar-refractivity contribution in [3.05, 3.63) is 0 Å². The van der Waals surface area contributed by atoms with E-state index in [2.05, 4.69) is 5.32 Å². The van der Waals surface area contributed by atoms with Crippen LogP contribution in [0.25, 0.3) is 0 Å². The molecule has 0 spiro atoms. The summed E-state index contributed by atoms with van der Waals surface area (Å²) in [5, 5.41) is 11.4. The molecule has 1 amide bonds. The number of carbonyl (C=O) groups is 2. The number of carboxylic acid groups (broad SMARTS) is 1. The van der Waals surface area contributed by atoms with Gasteiger partial charge in [0.2, 0.25) is 5.91 Å². The van der Waals surface area contributed by atoms with E-state index in [1.54, 1.807) is 11.8 Å². The number of hydrogen-bond donors (Lipinski definition) is 2. The van der Waals surface area contributed by atoms with E-state index < -0.39 is 12.0 Å². The highest BCUT2D eigenvalue weighted by atomic mass is 32.2. The van der Waals surface area contributed by atoms with E-state index in [1.165, 1.54) is 0 Å². The summed E-state index contributed by atoms with van der Waals surface area (Å²) < 4.78 is 0. The molecule has 0 aliphatic rings. The maximum atomic E-state index is 11.3. The molecule has 4 nitrogen and oxygen atoms in total. The second-order valence-corrected chi connectivity index (χ2v) is 4.82. The summed E-state index contributed by atoms with van der Waals surface area (Å²) in [6, 6.07) is -0.751. The standard InChI is InChI=1S/C10H19NO3S/c1-7(2)6-8(10(13)14)11-9(12)4-5-15-3/h7-8H,4-6H2,1-3H3,(H,11,12)(H,13,14)/t8-/m1/s1. The molecule has 1 atom stereocenters. The lowest BCUT2D eigenvalue weighted by atomic mass is 10.0. The zero-order valence-corrected chi connectivity index (χ0v) is 10.3. The molecule has 0 radical (unpaired) electrons. The predicted molar refractivity (Wildman–Crippen MR) is 62.0 cm³/mol. The van der Waals surface area contributed by atoms with Crippen LogP contribution in [-0.4, -0.2) is 35.0 Å². The third-order valence-corrected chi connectivity index (χ3v) is 2.49. The Kier molecular flexibility index (Phi) is 7.21. The highest BCUT2D eigenvalue weighted by Crippen LogP contribution is 2.05. The molecule has 88 valence electrons. The summed E-state index contributed by atoms with van der Waals surface area (Å²) in [4.78, 5) is 22.1. The molecule has 0 aliphatic heterocycles. The quantitative estimate of drug-likeness (QED) is 0.696. The lowest BCUT2D eigenvalue weighted by Crippen LogP contribution is -2.41.